The summed E-state index contributed by atoms with van der Waals surface area (Å²) in [4.78, 5) is 24.6. The Morgan fingerprint density at radius 1 is 1.09 bits per heavy atom. The van der Waals surface area contributed by atoms with Gasteiger partial charge in [0.05, 0.1) is 18.0 Å². The second-order valence-electron chi connectivity index (χ2n) is 7.91. The molecule has 2 aromatic carbocycles. The molecule has 0 aromatic heterocycles. The maximum Gasteiger partial charge on any atom is 0.309 e. The smallest absolute Gasteiger partial charge is 0.309 e. The van der Waals surface area contributed by atoms with E-state index in [0.717, 1.165) is 11.1 Å². The number of ether oxygens (including phenoxy) is 1. The summed E-state index contributed by atoms with van der Waals surface area (Å²) in [5, 5.41) is 5.67. The van der Waals surface area contributed by atoms with E-state index >= 15 is 0 Å². The lowest BCUT2D eigenvalue weighted by Gasteiger charge is -2.35. The Labute approximate surface area is 199 Å². The molecule has 2 N–H and O–H groups in total. The van der Waals surface area contributed by atoms with Gasteiger partial charge in [-0.25, -0.2) is 8.42 Å². The van der Waals surface area contributed by atoms with Crippen LogP contribution in [0.25, 0.3) is 0 Å². The Morgan fingerprint density at radius 2 is 1.79 bits per heavy atom. The number of hydrogen-bond acceptors (Lipinski definition) is 5. The maximum absolute atomic E-state index is 13.3. The Morgan fingerprint density at radius 3 is 2.52 bits per heavy atom. The molecule has 0 spiro atoms. The summed E-state index contributed by atoms with van der Waals surface area (Å²) in [7, 11) is -3.83. The molecule has 1 saturated heterocycles. The first kappa shape index (κ1) is 25.2. The van der Waals surface area contributed by atoms with Gasteiger partial charge in [0.25, 0.3) is 0 Å². The second-order valence-corrected chi connectivity index (χ2v) is 10.2. The van der Waals surface area contributed by atoms with Gasteiger partial charge in [-0.05, 0) is 61.6 Å². The molecule has 8 nitrogen and oxygen atoms in total. The number of carbonyl (C=O) groups excluding carboxylic acids is 2. The first-order valence-corrected chi connectivity index (χ1v) is 12.5. The lowest BCUT2D eigenvalue weighted by molar-refractivity contribution is -0.140. The molecule has 0 saturated carbocycles. The van der Waals surface area contributed by atoms with Crippen LogP contribution in [0, 0.1) is 13.8 Å². The first-order valence-electron chi connectivity index (χ1n) is 10.7. The topological polar surface area (TPSA) is 105 Å². The van der Waals surface area contributed by atoms with Gasteiger partial charge in [0.1, 0.15) is 6.23 Å². The summed E-state index contributed by atoms with van der Waals surface area (Å²) in [6.45, 7) is 4.35. The predicted molar refractivity (Wildman–Crippen MR) is 125 cm³/mol. The third-order valence-electron chi connectivity index (χ3n) is 5.34. The zero-order chi connectivity index (χ0) is 24.0. The summed E-state index contributed by atoms with van der Waals surface area (Å²) >= 11 is 5.85. The van der Waals surface area contributed by atoms with Crippen molar-refractivity contribution >= 4 is 33.4 Å². The van der Waals surface area contributed by atoms with E-state index in [0.29, 0.717) is 30.0 Å². The molecule has 3 rings (SSSR count). The fraction of sp³-hybridized carbons (Fsp3) is 0.391. The normalized spacial score (nSPS) is 16.9. The molecule has 2 amide bonds. The van der Waals surface area contributed by atoms with Crippen molar-refractivity contribution in [2.75, 3.05) is 26.2 Å². The average molecular weight is 494 g/mol. The minimum absolute atomic E-state index is 0.131. The highest BCUT2D eigenvalue weighted by molar-refractivity contribution is 7.89. The number of carbonyl (C=O) groups is 2. The minimum atomic E-state index is -3.83. The standard InChI is InChI=1S/C23H28ClN3O5S/c1-16-4-5-17(2)20(14-16)33(30,31)27-12-3-13-32-21(27)15-26-23(29)22(28)25-11-10-18-6-8-19(24)9-7-18/h4-9,14,21H,3,10-13,15H2,1-2H3,(H,25,28)(H,26,29). The van der Waals surface area contributed by atoms with E-state index in [4.69, 9.17) is 16.3 Å². The maximum atomic E-state index is 13.3. The number of halogens is 1. The van der Waals surface area contributed by atoms with Crippen LogP contribution >= 0.6 is 11.6 Å². The van der Waals surface area contributed by atoms with Crippen molar-refractivity contribution in [3.05, 3.63) is 64.2 Å². The molecule has 10 heteroatoms. The highest BCUT2D eigenvalue weighted by atomic mass is 35.5. The monoisotopic (exact) mass is 493 g/mol. The minimum Gasteiger partial charge on any atom is -0.360 e. The van der Waals surface area contributed by atoms with Crippen molar-refractivity contribution < 1.29 is 22.7 Å². The van der Waals surface area contributed by atoms with Gasteiger partial charge in [0.2, 0.25) is 10.0 Å². The van der Waals surface area contributed by atoms with Crippen molar-refractivity contribution in [2.45, 2.75) is 37.8 Å². The number of rotatable bonds is 7. The van der Waals surface area contributed by atoms with Gasteiger partial charge < -0.3 is 15.4 Å². The van der Waals surface area contributed by atoms with Crippen LogP contribution in [0.1, 0.15) is 23.1 Å². The van der Waals surface area contributed by atoms with Crippen LogP contribution in [-0.2, 0) is 30.8 Å². The Hall–Kier alpha value is -2.46. The van der Waals surface area contributed by atoms with Crippen LogP contribution in [-0.4, -0.2) is 57.0 Å². The Bertz CT molecular complexity index is 1110. The summed E-state index contributed by atoms with van der Waals surface area (Å²) in [5.74, 6) is -1.63. The molecule has 1 fully saturated rings. The van der Waals surface area contributed by atoms with Crippen LogP contribution in [0.5, 0.6) is 0 Å². The van der Waals surface area contributed by atoms with Crippen molar-refractivity contribution in [1.82, 2.24) is 14.9 Å². The number of nitrogens with one attached hydrogen (secondary N) is 2. The molecule has 178 valence electrons. The number of hydrogen-bond donors (Lipinski definition) is 2. The number of benzene rings is 2. The van der Waals surface area contributed by atoms with Crippen molar-refractivity contribution in [2.24, 2.45) is 0 Å². The molecule has 2 aromatic rings. The van der Waals surface area contributed by atoms with Gasteiger partial charge in [-0.2, -0.15) is 4.31 Å². The highest BCUT2D eigenvalue weighted by Gasteiger charge is 2.35. The van der Waals surface area contributed by atoms with Gasteiger partial charge in [0, 0.05) is 18.1 Å². The van der Waals surface area contributed by atoms with E-state index in [-0.39, 0.29) is 24.5 Å². The zero-order valence-electron chi connectivity index (χ0n) is 18.6. The largest absolute Gasteiger partial charge is 0.360 e. The average Bonchev–Trinajstić information content (AvgIpc) is 2.80. The van der Waals surface area contributed by atoms with Crippen LogP contribution in [0.2, 0.25) is 5.02 Å². The Kier molecular flexibility index (Phi) is 8.47. The van der Waals surface area contributed by atoms with E-state index in [1.807, 2.05) is 25.1 Å². The number of nitrogens with zero attached hydrogens (tertiary/aromatic N) is 1. The molecule has 1 atom stereocenters. The fourth-order valence-electron chi connectivity index (χ4n) is 3.53. The van der Waals surface area contributed by atoms with E-state index in [9.17, 15) is 18.0 Å². The number of sulfonamides is 1. The molecule has 0 radical (unpaired) electrons. The van der Waals surface area contributed by atoms with E-state index < -0.39 is 28.1 Å². The van der Waals surface area contributed by atoms with Crippen LogP contribution < -0.4 is 10.6 Å². The molecule has 33 heavy (non-hydrogen) atoms. The lowest BCUT2D eigenvalue weighted by Crippen LogP contribution is -2.53. The van der Waals surface area contributed by atoms with Gasteiger partial charge in [-0.1, -0.05) is 35.9 Å². The molecule has 0 aliphatic carbocycles. The Balaban J connectivity index is 1.57. The third-order valence-corrected chi connectivity index (χ3v) is 7.62. The summed E-state index contributed by atoms with van der Waals surface area (Å²) in [6, 6.07) is 12.5. The first-order chi connectivity index (χ1) is 15.7. The number of amides is 2. The quantitative estimate of drug-likeness (QED) is 0.575. The van der Waals surface area contributed by atoms with Crippen LogP contribution in [0.4, 0.5) is 0 Å². The molecule has 1 unspecified atom stereocenters. The van der Waals surface area contributed by atoms with Gasteiger partial charge in [-0.3, -0.25) is 9.59 Å². The van der Waals surface area contributed by atoms with E-state index in [1.54, 1.807) is 31.2 Å². The molecule has 1 aliphatic rings. The second kappa shape index (κ2) is 11.1. The van der Waals surface area contributed by atoms with Crippen molar-refractivity contribution in [3.8, 4) is 0 Å². The third kappa shape index (κ3) is 6.54. The SMILES string of the molecule is Cc1ccc(C)c(S(=O)(=O)N2CCCOC2CNC(=O)C(=O)NCCc2ccc(Cl)cc2)c1. The van der Waals surface area contributed by atoms with Crippen molar-refractivity contribution in [1.29, 1.82) is 0 Å². The molecule has 1 aliphatic heterocycles. The van der Waals surface area contributed by atoms with Gasteiger partial charge >= 0.3 is 11.8 Å². The van der Waals surface area contributed by atoms with Gasteiger partial charge in [0.15, 0.2) is 0 Å². The molecule has 1 heterocycles. The van der Waals surface area contributed by atoms with Crippen molar-refractivity contribution in [3.63, 3.8) is 0 Å². The number of aryl methyl sites for hydroxylation is 2. The van der Waals surface area contributed by atoms with Gasteiger partial charge in [-0.15, -0.1) is 0 Å². The fourth-order valence-corrected chi connectivity index (χ4v) is 5.53. The predicted octanol–water partition coefficient (Wildman–Crippen LogP) is 2.17. The summed E-state index contributed by atoms with van der Waals surface area (Å²) < 4.78 is 33.5. The lowest BCUT2D eigenvalue weighted by atomic mass is 10.1. The zero-order valence-corrected chi connectivity index (χ0v) is 20.2. The molecular formula is C23H28ClN3O5S. The van der Waals surface area contributed by atoms with E-state index in [1.165, 1.54) is 4.31 Å². The summed E-state index contributed by atoms with van der Waals surface area (Å²) in [6.07, 6.45) is 0.193. The molecular weight excluding hydrogens is 466 g/mol. The van der Waals surface area contributed by atoms with E-state index in [2.05, 4.69) is 10.6 Å². The summed E-state index contributed by atoms with van der Waals surface area (Å²) in [5.41, 5.74) is 2.44. The molecule has 0 bridgehead atoms. The highest BCUT2D eigenvalue weighted by Crippen LogP contribution is 2.25. The van der Waals surface area contributed by atoms with Crippen LogP contribution in [0.3, 0.4) is 0 Å². The van der Waals surface area contributed by atoms with Crippen LogP contribution in [0.15, 0.2) is 47.4 Å².